The van der Waals surface area contributed by atoms with Gasteiger partial charge in [0.15, 0.2) is 11.5 Å². The minimum atomic E-state index is -2.54. The highest BCUT2D eigenvalue weighted by atomic mass is 28.3. The maximum absolute atomic E-state index is 11.9. The predicted octanol–water partition coefficient (Wildman–Crippen LogP) is -1.18. The van der Waals surface area contributed by atoms with Gasteiger partial charge < -0.3 is 31.8 Å². The van der Waals surface area contributed by atoms with Gasteiger partial charge in [-0.15, -0.1) is 0 Å². The molecule has 9 nitrogen and oxygen atoms in total. The van der Waals surface area contributed by atoms with Gasteiger partial charge in [-0.1, -0.05) is 6.07 Å². The summed E-state index contributed by atoms with van der Waals surface area (Å²) in [7, 11) is -2.54. The van der Waals surface area contributed by atoms with Gasteiger partial charge in [0.1, 0.15) is 0 Å². The maximum atomic E-state index is 11.9. The molecule has 1 rings (SSSR count). The van der Waals surface area contributed by atoms with E-state index in [0.29, 0.717) is 5.56 Å². The van der Waals surface area contributed by atoms with Gasteiger partial charge in [-0.3, -0.25) is 14.4 Å². The Morgan fingerprint density at radius 3 is 2.36 bits per heavy atom. The number of nitrogens with two attached hydrogens (primary N) is 2. The molecule has 0 aliphatic rings. The van der Waals surface area contributed by atoms with E-state index in [9.17, 15) is 24.6 Å². The second-order valence-corrected chi connectivity index (χ2v) is 6.54. The Balaban J connectivity index is 2.69. The van der Waals surface area contributed by atoms with Crippen LogP contribution in [-0.2, 0) is 16.0 Å². The molecule has 10 heteroatoms. The maximum Gasteiger partial charge on any atom is 0.317 e. The van der Waals surface area contributed by atoms with E-state index in [1.165, 1.54) is 18.2 Å². The van der Waals surface area contributed by atoms with Crippen molar-refractivity contribution in [2.24, 2.45) is 11.5 Å². The molecule has 1 atom stereocenters. The summed E-state index contributed by atoms with van der Waals surface area (Å²) in [6.45, 7) is 0. The molecule has 1 aromatic carbocycles. The number of aromatic hydroxyl groups is 2. The molecule has 0 heterocycles. The van der Waals surface area contributed by atoms with Crippen LogP contribution in [0.25, 0.3) is 0 Å². The van der Waals surface area contributed by atoms with E-state index in [4.69, 9.17) is 16.6 Å². The van der Waals surface area contributed by atoms with Crippen LogP contribution in [0.3, 0.4) is 0 Å². The first-order valence-electron chi connectivity index (χ1n) is 6.15. The van der Waals surface area contributed by atoms with Crippen molar-refractivity contribution in [2.75, 3.05) is 0 Å². The molecule has 0 aliphatic carbocycles. The molecular formula is C12H16N3O6Si. The van der Waals surface area contributed by atoms with E-state index in [0.717, 1.165) is 0 Å². The Kier molecular flexibility index (Phi) is 5.89. The molecule has 0 saturated heterocycles. The average molecular weight is 326 g/mol. The molecule has 0 aromatic heterocycles. The number of carbonyl (C=O) groups is 3. The Bertz CT molecular complexity index is 594. The lowest BCUT2D eigenvalue weighted by atomic mass is 10.1. The predicted molar refractivity (Wildman–Crippen MR) is 77.4 cm³/mol. The molecule has 0 bridgehead atoms. The third-order valence-electron chi connectivity index (χ3n) is 2.72. The number of phenols is 2. The fraction of sp³-hybridized carbons (Fsp3) is 0.250. The second-order valence-electron chi connectivity index (χ2n) is 4.55. The highest BCUT2D eigenvalue weighted by Gasteiger charge is 2.28. The van der Waals surface area contributed by atoms with E-state index >= 15 is 0 Å². The summed E-state index contributed by atoms with van der Waals surface area (Å²) < 4.78 is 0. The van der Waals surface area contributed by atoms with Gasteiger partial charge in [0, 0.05) is 6.04 Å². The van der Waals surface area contributed by atoms with Gasteiger partial charge in [0.05, 0.1) is 6.04 Å². The normalized spacial score (nSPS) is 11.9. The van der Waals surface area contributed by atoms with Crippen LogP contribution in [0.2, 0.25) is 6.04 Å². The summed E-state index contributed by atoms with van der Waals surface area (Å²) in [4.78, 5) is 35.8. The van der Waals surface area contributed by atoms with Crippen molar-refractivity contribution in [1.82, 2.24) is 4.98 Å². The first-order chi connectivity index (χ1) is 10.2. The Morgan fingerprint density at radius 1 is 1.23 bits per heavy atom. The van der Waals surface area contributed by atoms with Gasteiger partial charge in [-0.25, -0.2) is 0 Å². The Labute approximate surface area is 127 Å². The molecule has 0 aliphatic heterocycles. The van der Waals surface area contributed by atoms with E-state index < -0.39 is 38.5 Å². The minimum Gasteiger partial charge on any atom is -0.504 e. The number of carbonyl (C=O) groups excluding carboxylic acids is 2. The topological polar surface area (TPSA) is 176 Å². The van der Waals surface area contributed by atoms with Crippen LogP contribution in [0.15, 0.2) is 18.2 Å². The monoisotopic (exact) mass is 326 g/mol. The van der Waals surface area contributed by atoms with Crippen LogP contribution in [0.5, 0.6) is 11.5 Å². The molecule has 8 N–H and O–H groups in total. The molecule has 0 unspecified atom stereocenters. The number of amides is 2. The van der Waals surface area contributed by atoms with Crippen molar-refractivity contribution in [3.05, 3.63) is 23.8 Å². The van der Waals surface area contributed by atoms with Crippen molar-refractivity contribution in [3.63, 3.8) is 0 Å². The summed E-state index contributed by atoms with van der Waals surface area (Å²) in [5.74, 6) is -2.22. The van der Waals surface area contributed by atoms with E-state index in [-0.39, 0.29) is 17.9 Å². The molecule has 0 spiro atoms. The lowest BCUT2D eigenvalue weighted by molar-refractivity contribution is -0.120. The zero-order valence-corrected chi connectivity index (χ0v) is 12.4. The minimum absolute atomic E-state index is 0.0189. The standard InChI is InChI=1S/C12H16N3O6Si/c13-7(3-6-1-2-8(16)9(17)4-6)11(19)15-22(12(20)21)5-10(14)18/h1-2,4,7,16-17H,3,5,13H2,(H2,14,18)(H,15,19)(H,20,21)/t7-/m0/s1. The van der Waals surface area contributed by atoms with Gasteiger partial charge in [-0.2, -0.15) is 0 Å². The van der Waals surface area contributed by atoms with Crippen LogP contribution in [0.1, 0.15) is 5.56 Å². The zero-order chi connectivity index (χ0) is 16.9. The first kappa shape index (κ1) is 17.5. The van der Waals surface area contributed by atoms with Crippen LogP contribution >= 0.6 is 0 Å². The summed E-state index contributed by atoms with van der Waals surface area (Å²) >= 11 is 0. The molecule has 1 radical (unpaired) electrons. The van der Waals surface area contributed by atoms with E-state index in [1.54, 1.807) is 0 Å². The second kappa shape index (κ2) is 7.43. The smallest absolute Gasteiger partial charge is 0.317 e. The third kappa shape index (κ3) is 5.07. The van der Waals surface area contributed by atoms with Gasteiger partial charge in [-0.05, 0) is 24.1 Å². The van der Waals surface area contributed by atoms with E-state index in [2.05, 4.69) is 4.98 Å². The van der Waals surface area contributed by atoms with Crippen LogP contribution in [0, 0.1) is 0 Å². The van der Waals surface area contributed by atoms with Crippen molar-refractivity contribution in [1.29, 1.82) is 0 Å². The van der Waals surface area contributed by atoms with E-state index in [1.807, 2.05) is 0 Å². The van der Waals surface area contributed by atoms with Crippen LogP contribution in [-0.4, -0.2) is 47.7 Å². The lowest BCUT2D eigenvalue weighted by Gasteiger charge is -2.15. The number of rotatable bonds is 7. The Morgan fingerprint density at radius 2 is 1.86 bits per heavy atom. The summed E-state index contributed by atoms with van der Waals surface area (Å²) in [5.41, 5.74) is 9.78. The summed E-state index contributed by atoms with van der Waals surface area (Å²) in [5, 5.41) is 27.5. The summed E-state index contributed by atoms with van der Waals surface area (Å²) in [6.07, 6.45) is 0.0189. The number of primary amides is 1. The highest BCUT2D eigenvalue weighted by molar-refractivity contribution is 6.89. The fourth-order valence-electron chi connectivity index (χ4n) is 1.63. The SMILES string of the molecule is NC(=O)C[Si](NC(=O)[C@@H](N)Cc1ccc(O)c(O)c1)C(=O)O. The lowest BCUT2D eigenvalue weighted by Crippen LogP contribution is -2.53. The highest BCUT2D eigenvalue weighted by Crippen LogP contribution is 2.25. The molecule has 119 valence electrons. The number of hydrogen-bond donors (Lipinski definition) is 6. The molecular weight excluding hydrogens is 310 g/mol. The molecule has 1 aromatic rings. The molecule has 0 fully saturated rings. The van der Waals surface area contributed by atoms with Crippen molar-refractivity contribution in [3.8, 4) is 11.5 Å². The van der Waals surface area contributed by atoms with Crippen LogP contribution < -0.4 is 16.4 Å². The zero-order valence-electron chi connectivity index (χ0n) is 11.4. The van der Waals surface area contributed by atoms with Gasteiger partial charge >= 0.3 is 8.96 Å². The first-order valence-corrected chi connectivity index (χ1v) is 7.86. The van der Waals surface area contributed by atoms with Crippen molar-refractivity contribution in [2.45, 2.75) is 18.5 Å². The fourth-order valence-corrected chi connectivity index (χ4v) is 2.81. The molecule has 0 saturated carbocycles. The third-order valence-corrected chi connectivity index (χ3v) is 4.48. The Hall–Kier alpha value is -2.59. The number of carboxylic acid groups (broad SMARTS) is 1. The molecule has 2 amide bonds. The largest absolute Gasteiger partial charge is 0.504 e. The number of hydrogen-bond acceptors (Lipinski definition) is 6. The molecule has 22 heavy (non-hydrogen) atoms. The quantitative estimate of drug-likeness (QED) is 0.270. The summed E-state index contributed by atoms with van der Waals surface area (Å²) in [6, 6.07) is 2.44. The van der Waals surface area contributed by atoms with Gasteiger partial charge in [0.25, 0.3) is 5.59 Å². The van der Waals surface area contributed by atoms with Crippen LogP contribution in [0.4, 0.5) is 4.79 Å². The van der Waals surface area contributed by atoms with Crippen molar-refractivity contribution < 1.29 is 29.7 Å². The van der Waals surface area contributed by atoms with Gasteiger partial charge in [0.2, 0.25) is 11.8 Å². The average Bonchev–Trinajstić information content (AvgIpc) is 2.41. The van der Waals surface area contributed by atoms with Crippen molar-refractivity contribution >= 4 is 26.4 Å². The number of benzene rings is 1. The number of phenolic OH excluding ortho intramolecular Hbond substituents is 2. The number of nitrogens with one attached hydrogen (secondary N) is 1.